The lowest BCUT2D eigenvalue weighted by Crippen LogP contribution is -2.32. The molecule has 1 aliphatic carbocycles. The monoisotopic (exact) mass is 590 g/mol. The number of amides is 2. The van der Waals surface area contributed by atoms with Crippen molar-refractivity contribution in [3.8, 4) is 22.5 Å². The number of nitrogens with two attached hydrogens (primary N) is 1. The highest BCUT2D eigenvalue weighted by Crippen LogP contribution is 2.43. The predicted octanol–water partition coefficient (Wildman–Crippen LogP) is 4.02. The Bertz CT molecular complexity index is 1830. The van der Waals surface area contributed by atoms with Gasteiger partial charge in [0.25, 0.3) is 11.8 Å². The number of benzene rings is 3. The summed E-state index contributed by atoms with van der Waals surface area (Å²) in [5.41, 5.74) is 10.1. The number of hydroxylamine groups is 2. The molecule has 0 aromatic heterocycles. The Hall–Kier alpha value is -4.55. The van der Waals surface area contributed by atoms with Crippen molar-refractivity contribution in [3.05, 3.63) is 65.5 Å². The van der Waals surface area contributed by atoms with E-state index in [0.29, 0.717) is 41.2 Å². The quantitative estimate of drug-likeness (QED) is 0.107. The number of hydrogen-bond donors (Lipinski definition) is 3. The molecule has 2 aromatic carbocycles. The largest absolute Gasteiger partial charge is 0.454 e. The minimum Gasteiger partial charge on any atom is -0.454 e. The molecule has 1 saturated heterocycles. The van der Waals surface area contributed by atoms with Crippen molar-refractivity contribution in [2.24, 2.45) is 0 Å². The third-order valence-corrected chi connectivity index (χ3v) is 8.63. The maximum Gasteiger partial charge on any atom is 0.333 e. The smallest absolute Gasteiger partial charge is 0.333 e. The van der Waals surface area contributed by atoms with Gasteiger partial charge in [0.05, 0.1) is 5.36 Å². The van der Waals surface area contributed by atoms with Crippen LogP contribution in [0.25, 0.3) is 33.4 Å². The lowest BCUT2D eigenvalue weighted by atomic mass is 9.91. The predicted molar refractivity (Wildman–Crippen MR) is 154 cm³/mol. The van der Waals surface area contributed by atoms with E-state index in [0.717, 1.165) is 22.1 Å². The second-order valence-electron chi connectivity index (χ2n) is 10.1. The van der Waals surface area contributed by atoms with Crippen LogP contribution in [0.2, 0.25) is 0 Å². The van der Waals surface area contributed by atoms with Crippen molar-refractivity contribution in [3.63, 3.8) is 0 Å². The summed E-state index contributed by atoms with van der Waals surface area (Å²) in [4.78, 5) is 39.7. The van der Waals surface area contributed by atoms with Crippen LogP contribution in [0.1, 0.15) is 44.1 Å². The molecule has 0 radical (unpaired) electrons. The molecule has 0 spiro atoms. The zero-order valence-electron chi connectivity index (χ0n) is 22.9. The van der Waals surface area contributed by atoms with Crippen LogP contribution in [-0.2, 0) is 29.2 Å². The van der Waals surface area contributed by atoms with Gasteiger partial charge < -0.3 is 15.0 Å². The topological polar surface area (TPSA) is 173 Å². The normalized spacial score (nSPS) is 13.8. The van der Waals surface area contributed by atoms with Gasteiger partial charge >= 0.3 is 5.97 Å². The number of unbranched alkanes of at least 4 members (excludes halogenated alkanes) is 2. The first-order valence-corrected chi connectivity index (χ1v) is 15.0. The number of anilines is 1. The lowest BCUT2D eigenvalue weighted by Gasteiger charge is -2.19. The molecule has 0 atom stereocenters. The molecule has 3 aliphatic rings. The van der Waals surface area contributed by atoms with E-state index in [1.54, 1.807) is 18.2 Å². The number of hydrogen-bond acceptors (Lipinski definition) is 9. The molecule has 4 N–H and O–H groups in total. The van der Waals surface area contributed by atoms with E-state index in [-0.39, 0.29) is 41.8 Å². The fourth-order valence-corrected chi connectivity index (χ4v) is 6.32. The van der Waals surface area contributed by atoms with E-state index in [4.69, 9.17) is 20.4 Å². The average molecular weight is 591 g/mol. The summed E-state index contributed by atoms with van der Waals surface area (Å²) in [6.07, 6.45) is 1.27. The molecule has 42 heavy (non-hydrogen) atoms. The van der Waals surface area contributed by atoms with Gasteiger partial charge in [0.1, 0.15) is 5.58 Å². The summed E-state index contributed by atoms with van der Waals surface area (Å²) in [6, 6.07) is 16.1. The zero-order valence-corrected chi connectivity index (χ0v) is 23.8. The first-order chi connectivity index (χ1) is 20.1. The number of sulfonamides is 1. The maximum absolute atomic E-state index is 13.5. The number of imide groups is 1. The van der Waals surface area contributed by atoms with Crippen LogP contribution in [0.5, 0.6) is 0 Å². The lowest BCUT2D eigenvalue weighted by molar-refractivity contribution is -0.197. The molecule has 0 unspecified atom stereocenters. The Balaban J connectivity index is 1.34. The Morgan fingerprint density at radius 3 is 2.50 bits per heavy atom. The molecular weight excluding hydrogens is 560 g/mol. The molecule has 2 amide bonds. The molecule has 0 bridgehead atoms. The molecule has 12 heteroatoms. The van der Waals surface area contributed by atoms with Crippen molar-refractivity contribution in [1.82, 2.24) is 9.79 Å². The first-order valence-electron chi connectivity index (χ1n) is 13.5. The fraction of sp³-hybridized carbons (Fsp3) is 0.267. The van der Waals surface area contributed by atoms with E-state index in [1.165, 1.54) is 6.07 Å². The number of carbonyl (C=O) groups is 3. The van der Waals surface area contributed by atoms with E-state index < -0.39 is 27.8 Å². The summed E-state index contributed by atoms with van der Waals surface area (Å²) in [6.45, 7) is 2.03. The van der Waals surface area contributed by atoms with Crippen LogP contribution in [-0.4, -0.2) is 37.8 Å². The third kappa shape index (κ3) is 5.76. The number of nitrogens with zero attached hydrogens (tertiary/aromatic N) is 1. The molecular formula is C30H30N4O7S. The molecule has 0 saturated carbocycles. The Labute approximate surface area is 242 Å². The van der Waals surface area contributed by atoms with Gasteiger partial charge in [0.15, 0.2) is 10.7 Å². The number of aryl methyl sites for hydroxylation is 1. The fourth-order valence-electron chi connectivity index (χ4n) is 5.01. The minimum absolute atomic E-state index is 0.0216. The van der Waals surface area contributed by atoms with Gasteiger partial charge in [-0.3, -0.25) is 15.0 Å². The zero-order chi connectivity index (χ0) is 30.0. The van der Waals surface area contributed by atoms with Crippen LogP contribution < -0.4 is 15.8 Å². The van der Waals surface area contributed by atoms with Gasteiger partial charge in [-0.05, 0) is 55.2 Å². The van der Waals surface area contributed by atoms with E-state index in [9.17, 15) is 22.8 Å². The second kappa shape index (κ2) is 11.7. The number of nitrogens with one attached hydrogen (secondary N) is 2. The van der Waals surface area contributed by atoms with Gasteiger partial charge in [-0.25, -0.2) is 17.9 Å². The summed E-state index contributed by atoms with van der Waals surface area (Å²) in [7, 11) is -4.17. The van der Waals surface area contributed by atoms with Gasteiger partial charge in [-0.1, -0.05) is 30.7 Å². The van der Waals surface area contributed by atoms with Crippen molar-refractivity contribution < 1.29 is 32.1 Å². The molecule has 11 nitrogen and oxygen atoms in total. The number of carbonyl (C=O) groups excluding carboxylic acids is 3. The molecule has 2 aromatic rings. The molecule has 5 rings (SSSR count). The van der Waals surface area contributed by atoms with Crippen LogP contribution in [0.3, 0.4) is 0 Å². The highest BCUT2D eigenvalue weighted by molar-refractivity contribution is 7.89. The van der Waals surface area contributed by atoms with E-state index in [2.05, 4.69) is 4.72 Å². The van der Waals surface area contributed by atoms with Crippen LogP contribution in [0.4, 0.5) is 5.69 Å². The van der Waals surface area contributed by atoms with Crippen molar-refractivity contribution in [1.29, 1.82) is 5.41 Å². The molecule has 2 aliphatic heterocycles. The van der Waals surface area contributed by atoms with Gasteiger partial charge in [-0.2, -0.15) is 0 Å². The SMILES string of the molecule is Cc1ccccc1-c1c2ccc(=N)c(S(=O)(=O)NCCCCCC(=O)ON3C(=O)CCC3=O)c-2oc2cc(N)ccc12. The standard InChI is InChI=1S/C30H30N4O7S/c1-18-7-4-5-8-20(18)28-21-11-10-19(31)17-24(21)40-29-22(28)12-13-23(32)30(29)42(38,39)33-16-6-2-3-9-27(37)41-34-25(35)14-15-26(34)36/h4-5,7-8,10-13,17,32-33H,2-3,6,9,14-16,31H2,1H3. The van der Waals surface area contributed by atoms with Crippen LogP contribution in [0, 0.1) is 12.3 Å². The van der Waals surface area contributed by atoms with Crippen LogP contribution in [0.15, 0.2) is 63.9 Å². The van der Waals surface area contributed by atoms with Crippen molar-refractivity contribution in [2.75, 3.05) is 12.3 Å². The van der Waals surface area contributed by atoms with Crippen molar-refractivity contribution >= 4 is 44.5 Å². The van der Waals surface area contributed by atoms with E-state index >= 15 is 0 Å². The Morgan fingerprint density at radius 1 is 1.02 bits per heavy atom. The Kier molecular flexibility index (Phi) is 8.10. The van der Waals surface area contributed by atoms with Gasteiger partial charge in [0.2, 0.25) is 10.0 Å². The molecule has 218 valence electrons. The summed E-state index contributed by atoms with van der Waals surface area (Å²) in [5.74, 6) is -1.73. The highest BCUT2D eigenvalue weighted by atomic mass is 32.2. The highest BCUT2D eigenvalue weighted by Gasteiger charge is 2.33. The average Bonchev–Trinajstić information content (AvgIpc) is 3.25. The minimum atomic E-state index is -4.17. The Morgan fingerprint density at radius 2 is 1.76 bits per heavy atom. The van der Waals surface area contributed by atoms with E-state index in [1.807, 2.05) is 37.3 Å². The summed E-state index contributed by atoms with van der Waals surface area (Å²) < 4.78 is 35.7. The molecule has 1 fully saturated rings. The number of fused-ring (bicyclic) bond motifs is 2. The van der Waals surface area contributed by atoms with Crippen molar-refractivity contribution in [2.45, 2.75) is 50.3 Å². The molecule has 2 heterocycles. The summed E-state index contributed by atoms with van der Waals surface area (Å²) >= 11 is 0. The third-order valence-electron chi connectivity index (χ3n) is 7.10. The summed E-state index contributed by atoms with van der Waals surface area (Å²) in [5, 5.41) is 9.53. The van der Waals surface area contributed by atoms with Gasteiger partial charge in [-0.15, -0.1) is 5.06 Å². The number of nitrogen functional groups attached to an aromatic ring is 1. The first kappa shape index (κ1) is 29.0. The number of rotatable bonds is 10. The van der Waals surface area contributed by atoms with Gasteiger partial charge in [0, 0.05) is 54.1 Å². The maximum atomic E-state index is 13.5. The van der Waals surface area contributed by atoms with Crippen LogP contribution >= 0.6 is 0 Å². The second-order valence-corrected chi connectivity index (χ2v) is 11.8.